The molecule has 2 aromatic carbocycles. The van der Waals surface area contributed by atoms with Gasteiger partial charge in [0.15, 0.2) is 0 Å². The molecule has 2 aromatic rings. The van der Waals surface area contributed by atoms with E-state index in [1.54, 1.807) is 19.1 Å². The van der Waals surface area contributed by atoms with Crippen molar-refractivity contribution in [3.8, 4) is 5.75 Å². The SMILES string of the molecule is CC.Cc1cc(Br)cc(/C=N/NC(=O)c2cccc(F)c2)c1O. The largest absolute Gasteiger partial charge is 0.507 e. The van der Waals surface area contributed by atoms with Crippen LogP contribution in [0.25, 0.3) is 0 Å². The molecule has 6 heteroatoms. The average Bonchev–Trinajstić information content (AvgIpc) is 2.53. The van der Waals surface area contributed by atoms with Crippen LogP contribution in [0.4, 0.5) is 4.39 Å². The molecule has 2 N–H and O–H groups in total. The van der Waals surface area contributed by atoms with E-state index in [0.717, 1.165) is 10.5 Å². The first-order chi connectivity index (χ1) is 11.0. The van der Waals surface area contributed by atoms with Gasteiger partial charge in [0.25, 0.3) is 5.91 Å². The minimum atomic E-state index is -0.531. The van der Waals surface area contributed by atoms with E-state index in [1.807, 2.05) is 13.8 Å². The standard InChI is InChI=1S/C15H12BrFN2O2.C2H6/c1-9-5-12(16)6-11(14(9)20)8-18-19-15(21)10-3-2-4-13(17)7-10;1-2/h2-8,20H,1H3,(H,19,21);1-2H3/b18-8+;. The molecule has 122 valence electrons. The Kier molecular flexibility index (Phi) is 7.41. The van der Waals surface area contributed by atoms with E-state index in [4.69, 9.17) is 0 Å². The molecule has 0 radical (unpaired) electrons. The fourth-order valence-electron chi connectivity index (χ4n) is 1.71. The summed E-state index contributed by atoms with van der Waals surface area (Å²) in [6.07, 6.45) is 1.32. The van der Waals surface area contributed by atoms with Crippen LogP contribution >= 0.6 is 15.9 Å². The van der Waals surface area contributed by atoms with E-state index in [0.29, 0.717) is 11.1 Å². The molecule has 4 nitrogen and oxygen atoms in total. The molecule has 1 amide bonds. The van der Waals surface area contributed by atoms with Crippen molar-refractivity contribution < 1.29 is 14.3 Å². The number of halogens is 2. The molecule has 0 aliphatic carbocycles. The van der Waals surface area contributed by atoms with E-state index in [-0.39, 0.29) is 11.3 Å². The molecule has 0 aromatic heterocycles. The number of phenols is 1. The smallest absolute Gasteiger partial charge is 0.271 e. The van der Waals surface area contributed by atoms with Crippen LogP contribution in [-0.2, 0) is 0 Å². The minimum absolute atomic E-state index is 0.0851. The minimum Gasteiger partial charge on any atom is -0.507 e. The predicted molar refractivity (Wildman–Crippen MR) is 93.4 cm³/mol. The monoisotopic (exact) mass is 380 g/mol. The molecule has 0 bridgehead atoms. The molecule has 0 saturated carbocycles. The highest BCUT2D eigenvalue weighted by atomic mass is 79.9. The number of nitrogens with zero attached hydrogens (tertiary/aromatic N) is 1. The zero-order valence-electron chi connectivity index (χ0n) is 13.1. The van der Waals surface area contributed by atoms with E-state index < -0.39 is 11.7 Å². The molecule has 0 unspecified atom stereocenters. The third kappa shape index (κ3) is 5.49. The van der Waals surface area contributed by atoms with Gasteiger partial charge in [-0.2, -0.15) is 5.10 Å². The van der Waals surface area contributed by atoms with Crippen LogP contribution in [0.15, 0.2) is 46.0 Å². The number of hydrogen-bond donors (Lipinski definition) is 2. The van der Waals surface area contributed by atoms with Crippen LogP contribution < -0.4 is 5.43 Å². The summed E-state index contributed by atoms with van der Waals surface area (Å²) < 4.78 is 13.8. The molecule has 0 aliphatic rings. The van der Waals surface area contributed by atoms with Crippen molar-refractivity contribution in [1.29, 1.82) is 0 Å². The van der Waals surface area contributed by atoms with Gasteiger partial charge in [-0.25, -0.2) is 9.82 Å². The summed E-state index contributed by atoms with van der Waals surface area (Å²) in [7, 11) is 0. The van der Waals surface area contributed by atoms with Gasteiger partial charge in [0.1, 0.15) is 11.6 Å². The predicted octanol–water partition coefficient (Wildman–Crippen LogP) is 4.39. The maximum Gasteiger partial charge on any atom is 0.271 e. The lowest BCUT2D eigenvalue weighted by atomic mass is 10.1. The highest BCUT2D eigenvalue weighted by Gasteiger charge is 2.06. The van der Waals surface area contributed by atoms with Crippen molar-refractivity contribution in [3.63, 3.8) is 0 Å². The lowest BCUT2D eigenvalue weighted by Gasteiger charge is -2.04. The third-order valence-electron chi connectivity index (χ3n) is 2.75. The molecular weight excluding hydrogens is 363 g/mol. The van der Waals surface area contributed by atoms with E-state index >= 15 is 0 Å². The number of rotatable bonds is 3. The number of aryl methyl sites for hydroxylation is 1. The molecule has 0 atom stereocenters. The average molecular weight is 381 g/mol. The Morgan fingerprint density at radius 1 is 1.30 bits per heavy atom. The van der Waals surface area contributed by atoms with Gasteiger partial charge < -0.3 is 5.11 Å². The van der Waals surface area contributed by atoms with Crippen molar-refractivity contribution in [2.45, 2.75) is 20.8 Å². The van der Waals surface area contributed by atoms with Gasteiger partial charge in [0.05, 0.1) is 6.21 Å². The van der Waals surface area contributed by atoms with Crippen LogP contribution in [0.5, 0.6) is 5.75 Å². The topological polar surface area (TPSA) is 61.7 Å². The van der Waals surface area contributed by atoms with Gasteiger partial charge in [-0.3, -0.25) is 4.79 Å². The fraction of sp³-hybridized carbons (Fsp3) is 0.176. The number of carbonyl (C=O) groups is 1. The van der Waals surface area contributed by atoms with E-state index in [2.05, 4.69) is 26.5 Å². The quantitative estimate of drug-likeness (QED) is 0.612. The summed E-state index contributed by atoms with van der Waals surface area (Å²) in [4.78, 5) is 11.7. The second-order valence-corrected chi connectivity index (χ2v) is 5.29. The molecule has 0 spiro atoms. The zero-order valence-corrected chi connectivity index (χ0v) is 14.7. The number of benzene rings is 2. The maximum absolute atomic E-state index is 13.0. The lowest BCUT2D eigenvalue weighted by molar-refractivity contribution is 0.0954. The molecule has 0 heterocycles. The first-order valence-corrected chi connectivity index (χ1v) is 7.85. The Bertz CT molecular complexity index is 718. The highest BCUT2D eigenvalue weighted by Crippen LogP contribution is 2.25. The van der Waals surface area contributed by atoms with Crippen LogP contribution in [0.2, 0.25) is 0 Å². The van der Waals surface area contributed by atoms with Crippen LogP contribution in [0.3, 0.4) is 0 Å². The van der Waals surface area contributed by atoms with Gasteiger partial charge in [-0.05, 0) is 42.8 Å². The molecule has 0 saturated heterocycles. The van der Waals surface area contributed by atoms with Gasteiger partial charge in [-0.1, -0.05) is 35.8 Å². The van der Waals surface area contributed by atoms with E-state index in [1.165, 1.54) is 24.4 Å². The normalized spacial score (nSPS) is 10.1. The number of carbonyl (C=O) groups excluding carboxylic acids is 1. The lowest BCUT2D eigenvalue weighted by Crippen LogP contribution is -2.17. The van der Waals surface area contributed by atoms with Crippen molar-refractivity contribution in [2.75, 3.05) is 0 Å². The van der Waals surface area contributed by atoms with Gasteiger partial charge >= 0.3 is 0 Å². The molecular formula is C17H18BrFN2O2. The Labute approximate surface area is 143 Å². The number of amides is 1. The van der Waals surface area contributed by atoms with Crippen LogP contribution in [0.1, 0.15) is 35.3 Å². The van der Waals surface area contributed by atoms with E-state index in [9.17, 15) is 14.3 Å². The second kappa shape index (κ2) is 9.05. The number of aromatic hydroxyl groups is 1. The molecule has 2 rings (SSSR count). The highest BCUT2D eigenvalue weighted by molar-refractivity contribution is 9.10. The number of hydrogen-bond acceptors (Lipinski definition) is 3. The van der Waals surface area contributed by atoms with Crippen LogP contribution in [0, 0.1) is 12.7 Å². The van der Waals surface area contributed by atoms with Crippen molar-refractivity contribution in [3.05, 3.63) is 63.4 Å². The van der Waals surface area contributed by atoms with Crippen LogP contribution in [-0.4, -0.2) is 17.2 Å². The zero-order chi connectivity index (χ0) is 17.4. The maximum atomic E-state index is 13.0. The summed E-state index contributed by atoms with van der Waals surface area (Å²) in [5.41, 5.74) is 3.59. The number of phenolic OH excluding ortho intramolecular Hbond substituents is 1. The van der Waals surface area contributed by atoms with Crippen molar-refractivity contribution in [2.24, 2.45) is 5.10 Å². The van der Waals surface area contributed by atoms with Gasteiger partial charge in [0.2, 0.25) is 0 Å². The summed E-state index contributed by atoms with van der Waals surface area (Å²) in [5.74, 6) is -0.939. The number of nitrogens with one attached hydrogen (secondary N) is 1. The third-order valence-corrected chi connectivity index (χ3v) is 3.21. The van der Waals surface area contributed by atoms with Crippen molar-refractivity contribution in [1.82, 2.24) is 5.43 Å². The van der Waals surface area contributed by atoms with Gasteiger partial charge in [-0.15, -0.1) is 0 Å². The first-order valence-electron chi connectivity index (χ1n) is 7.05. The Morgan fingerprint density at radius 3 is 2.65 bits per heavy atom. The second-order valence-electron chi connectivity index (χ2n) is 4.37. The Hall–Kier alpha value is -2.21. The van der Waals surface area contributed by atoms with Gasteiger partial charge in [0, 0.05) is 15.6 Å². The van der Waals surface area contributed by atoms with Crippen molar-refractivity contribution >= 4 is 28.1 Å². The molecule has 23 heavy (non-hydrogen) atoms. The molecule has 0 fully saturated rings. The Morgan fingerprint density at radius 2 is 2.00 bits per heavy atom. The summed E-state index contributed by atoms with van der Waals surface area (Å²) in [5, 5.41) is 13.6. The molecule has 0 aliphatic heterocycles. The first kappa shape index (κ1) is 18.8. The number of hydrazone groups is 1. The summed E-state index contributed by atoms with van der Waals surface area (Å²) >= 11 is 3.31. The summed E-state index contributed by atoms with van der Waals surface area (Å²) in [6, 6.07) is 8.72. The fourth-order valence-corrected chi connectivity index (χ4v) is 2.30. The Balaban J connectivity index is 0.00000127. The summed E-state index contributed by atoms with van der Waals surface area (Å²) in [6.45, 7) is 5.75.